The largest absolute Gasteiger partial charge is 0.486 e. The Morgan fingerprint density at radius 1 is 1.41 bits per heavy atom. The van der Waals surface area contributed by atoms with E-state index in [9.17, 15) is 9.18 Å². The molecule has 3 nitrogen and oxygen atoms in total. The number of alkyl halides is 1. The second-order valence-electron chi connectivity index (χ2n) is 4.03. The summed E-state index contributed by atoms with van der Waals surface area (Å²) >= 11 is 0. The van der Waals surface area contributed by atoms with Crippen molar-refractivity contribution < 1.29 is 18.7 Å². The molecule has 0 amide bonds. The Morgan fingerprint density at radius 3 is 2.88 bits per heavy atom. The Hall–Kier alpha value is -1.58. The van der Waals surface area contributed by atoms with E-state index in [2.05, 4.69) is 0 Å². The Kier molecular flexibility index (Phi) is 3.61. The van der Waals surface area contributed by atoms with Gasteiger partial charge in [-0.2, -0.15) is 0 Å². The van der Waals surface area contributed by atoms with Gasteiger partial charge in [0.05, 0.1) is 0 Å². The minimum atomic E-state index is -1.05. The molecule has 2 rings (SSSR count). The molecule has 0 aliphatic carbocycles. The number of ether oxygens (including phenoxy) is 2. The van der Waals surface area contributed by atoms with Gasteiger partial charge in [0, 0.05) is 6.42 Å². The summed E-state index contributed by atoms with van der Waals surface area (Å²) in [4.78, 5) is 10.4. The summed E-state index contributed by atoms with van der Waals surface area (Å²) in [6, 6.07) is 3.42. The average molecular weight is 238 g/mol. The first-order valence-corrected chi connectivity index (χ1v) is 5.72. The second kappa shape index (κ2) is 5.17. The second-order valence-corrected chi connectivity index (χ2v) is 4.03. The van der Waals surface area contributed by atoms with Crippen molar-refractivity contribution in [3.63, 3.8) is 0 Å². The number of hydrogen-bond acceptors (Lipinski definition) is 3. The van der Waals surface area contributed by atoms with Crippen LogP contribution in [-0.4, -0.2) is 19.5 Å². The fourth-order valence-electron chi connectivity index (χ4n) is 1.88. The normalized spacial score (nSPS) is 15.4. The van der Waals surface area contributed by atoms with Crippen LogP contribution in [0.4, 0.5) is 4.39 Å². The highest BCUT2D eigenvalue weighted by molar-refractivity contribution is 5.54. The first kappa shape index (κ1) is 11.9. The third-order valence-electron chi connectivity index (χ3n) is 2.73. The lowest BCUT2D eigenvalue weighted by Crippen LogP contribution is -2.17. The van der Waals surface area contributed by atoms with Crippen LogP contribution in [-0.2, 0) is 11.2 Å². The molecule has 1 aromatic rings. The molecule has 92 valence electrons. The molecule has 0 saturated carbocycles. The topological polar surface area (TPSA) is 35.5 Å². The molecule has 1 aromatic carbocycles. The van der Waals surface area contributed by atoms with E-state index in [0.29, 0.717) is 43.1 Å². The maximum absolute atomic E-state index is 13.3. The van der Waals surface area contributed by atoms with Crippen LogP contribution in [0.5, 0.6) is 11.5 Å². The van der Waals surface area contributed by atoms with E-state index in [-0.39, 0.29) is 0 Å². The maximum atomic E-state index is 13.3. The first-order valence-electron chi connectivity index (χ1n) is 5.72. The molecule has 4 heteroatoms. The summed E-state index contributed by atoms with van der Waals surface area (Å²) in [5.41, 5.74) is 1.41. The van der Waals surface area contributed by atoms with Gasteiger partial charge in [-0.25, -0.2) is 4.39 Å². The summed E-state index contributed by atoms with van der Waals surface area (Å²) in [5.74, 6) is 1.24. The first-order chi connectivity index (χ1) is 8.22. The standard InChI is InChI=1S/C13H15FO3/c1-9(14)11-7-10(3-2-4-15)13-12(8-11)16-5-6-17-13/h4,7-9H,2-3,5-6H2,1H3. The number of carbonyl (C=O) groups is 1. The number of benzene rings is 1. The molecule has 0 aromatic heterocycles. The van der Waals surface area contributed by atoms with Gasteiger partial charge in [0.2, 0.25) is 0 Å². The Bertz CT molecular complexity index is 415. The molecule has 0 saturated heterocycles. The predicted molar refractivity (Wildman–Crippen MR) is 61.3 cm³/mol. The zero-order valence-corrected chi connectivity index (χ0v) is 9.74. The van der Waals surface area contributed by atoms with Gasteiger partial charge in [-0.3, -0.25) is 0 Å². The van der Waals surface area contributed by atoms with Crippen LogP contribution in [0.3, 0.4) is 0 Å². The zero-order valence-electron chi connectivity index (χ0n) is 9.74. The third-order valence-corrected chi connectivity index (χ3v) is 2.73. The summed E-state index contributed by atoms with van der Waals surface area (Å²) in [5, 5.41) is 0. The van der Waals surface area contributed by atoms with Crippen LogP contribution >= 0.6 is 0 Å². The van der Waals surface area contributed by atoms with Gasteiger partial charge in [-0.15, -0.1) is 0 Å². The van der Waals surface area contributed by atoms with Gasteiger partial charge in [0.25, 0.3) is 0 Å². The molecule has 1 aliphatic rings. The van der Waals surface area contributed by atoms with Crippen molar-refractivity contribution in [1.82, 2.24) is 0 Å². The Morgan fingerprint density at radius 2 is 2.18 bits per heavy atom. The van der Waals surface area contributed by atoms with E-state index in [1.165, 1.54) is 6.92 Å². The van der Waals surface area contributed by atoms with Crippen LogP contribution in [0.25, 0.3) is 0 Å². The Labute approximate surface area is 99.5 Å². The molecule has 1 unspecified atom stereocenters. The van der Waals surface area contributed by atoms with E-state index in [4.69, 9.17) is 9.47 Å². The predicted octanol–water partition coefficient (Wildman–Crippen LogP) is 2.62. The van der Waals surface area contributed by atoms with Crippen LogP contribution < -0.4 is 9.47 Å². The minimum Gasteiger partial charge on any atom is -0.486 e. The number of aryl methyl sites for hydroxylation is 1. The summed E-state index contributed by atoms with van der Waals surface area (Å²) in [6.07, 6.45) is 0.748. The van der Waals surface area contributed by atoms with Crippen LogP contribution in [0.1, 0.15) is 30.6 Å². The van der Waals surface area contributed by atoms with E-state index >= 15 is 0 Å². The van der Waals surface area contributed by atoms with Crippen LogP contribution in [0, 0.1) is 0 Å². The van der Waals surface area contributed by atoms with Crippen molar-refractivity contribution in [3.05, 3.63) is 23.3 Å². The van der Waals surface area contributed by atoms with Gasteiger partial charge >= 0.3 is 0 Å². The van der Waals surface area contributed by atoms with Crippen molar-refractivity contribution >= 4 is 6.29 Å². The van der Waals surface area contributed by atoms with Crippen molar-refractivity contribution in [2.24, 2.45) is 0 Å². The number of halogens is 1. The fraction of sp³-hybridized carbons (Fsp3) is 0.462. The molecule has 0 N–H and O–H groups in total. The average Bonchev–Trinajstić information content (AvgIpc) is 2.35. The smallest absolute Gasteiger partial charge is 0.164 e. The number of fused-ring (bicyclic) bond motifs is 1. The molecule has 1 atom stereocenters. The lowest BCUT2D eigenvalue weighted by atomic mass is 10.0. The highest BCUT2D eigenvalue weighted by atomic mass is 19.1. The molecule has 1 heterocycles. The Balaban J connectivity index is 2.38. The van der Waals surface area contributed by atoms with Crippen molar-refractivity contribution in [3.8, 4) is 11.5 Å². The summed E-state index contributed by atoms with van der Waals surface area (Å²) in [7, 11) is 0. The van der Waals surface area contributed by atoms with Gasteiger partial charge < -0.3 is 14.3 Å². The van der Waals surface area contributed by atoms with Crippen LogP contribution in [0.15, 0.2) is 12.1 Å². The third kappa shape index (κ3) is 2.57. The summed E-state index contributed by atoms with van der Waals surface area (Å²) in [6.45, 7) is 2.45. The molecular formula is C13H15FO3. The van der Waals surface area contributed by atoms with Crippen LogP contribution in [0.2, 0.25) is 0 Å². The molecule has 1 aliphatic heterocycles. The van der Waals surface area contributed by atoms with E-state index in [0.717, 1.165) is 11.8 Å². The quantitative estimate of drug-likeness (QED) is 0.756. The van der Waals surface area contributed by atoms with E-state index < -0.39 is 6.17 Å². The fourth-order valence-corrected chi connectivity index (χ4v) is 1.88. The number of hydrogen-bond donors (Lipinski definition) is 0. The van der Waals surface area contributed by atoms with Gasteiger partial charge in [0.15, 0.2) is 11.5 Å². The molecular weight excluding hydrogens is 223 g/mol. The number of rotatable bonds is 4. The van der Waals surface area contributed by atoms with Gasteiger partial charge in [-0.05, 0) is 36.6 Å². The van der Waals surface area contributed by atoms with Crippen molar-refractivity contribution in [2.45, 2.75) is 25.9 Å². The van der Waals surface area contributed by atoms with Gasteiger partial charge in [0.1, 0.15) is 25.7 Å². The van der Waals surface area contributed by atoms with Crippen molar-refractivity contribution in [2.75, 3.05) is 13.2 Å². The van der Waals surface area contributed by atoms with Gasteiger partial charge in [-0.1, -0.05) is 0 Å². The molecule has 0 bridgehead atoms. The SMILES string of the molecule is CC(F)c1cc(CCC=O)c2c(c1)OCCO2. The number of carbonyl (C=O) groups excluding carboxylic acids is 1. The molecule has 17 heavy (non-hydrogen) atoms. The lowest BCUT2D eigenvalue weighted by Gasteiger charge is -2.22. The monoisotopic (exact) mass is 238 g/mol. The van der Waals surface area contributed by atoms with Crippen molar-refractivity contribution in [1.29, 1.82) is 0 Å². The summed E-state index contributed by atoms with van der Waals surface area (Å²) < 4.78 is 24.3. The lowest BCUT2D eigenvalue weighted by molar-refractivity contribution is -0.107. The zero-order chi connectivity index (χ0) is 12.3. The molecule has 0 spiro atoms. The molecule has 0 radical (unpaired) electrons. The minimum absolute atomic E-state index is 0.403. The maximum Gasteiger partial charge on any atom is 0.164 e. The highest BCUT2D eigenvalue weighted by Gasteiger charge is 2.19. The van der Waals surface area contributed by atoms with E-state index in [1.807, 2.05) is 0 Å². The van der Waals surface area contributed by atoms with E-state index in [1.54, 1.807) is 12.1 Å². The highest BCUT2D eigenvalue weighted by Crippen LogP contribution is 2.37. The molecule has 0 fully saturated rings. The number of aldehydes is 1.